The molecule has 0 aromatic rings. The van der Waals surface area contributed by atoms with Crippen molar-refractivity contribution in [1.82, 2.24) is 4.90 Å². The van der Waals surface area contributed by atoms with Crippen LogP contribution in [-0.4, -0.2) is 60.9 Å². The molecule has 1 unspecified atom stereocenters. The molecule has 1 rings (SSSR count). The number of hydrogen-bond acceptors (Lipinski definition) is 5. The molecule has 0 aromatic carbocycles. The molecule has 0 aromatic heterocycles. The molecule has 1 aliphatic rings. The molecule has 7 nitrogen and oxygen atoms in total. The summed E-state index contributed by atoms with van der Waals surface area (Å²) in [6.45, 7) is -0.819. The van der Waals surface area contributed by atoms with Gasteiger partial charge in [0.1, 0.15) is 6.54 Å². The summed E-state index contributed by atoms with van der Waals surface area (Å²) in [5, 5.41) is 8.63. The number of nitrogens with zero attached hydrogens (tertiary/aromatic N) is 1. The Morgan fingerprint density at radius 3 is 2.44 bits per heavy atom. The minimum absolute atomic E-state index is 0.00830. The van der Waals surface area contributed by atoms with Crippen molar-refractivity contribution in [1.29, 1.82) is 0 Å². The second-order valence-corrected chi connectivity index (χ2v) is 5.91. The van der Waals surface area contributed by atoms with Gasteiger partial charge in [0.25, 0.3) is 0 Å². The van der Waals surface area contributed by atoms with Gasteiger partial charge in [0.2, 0.25) is 5.91 Å². The van der Waals surface area contributed by atoms with Crippen LogP contribution in [0.2, 0.25) is 0 Å². The third kappa shape index (κ3) is 3.17. The summed E-state index contributed by atoms with van der Waals surface area (Å²) in [7, 11) is -3.15. The molecule has 0 saturated carbocycles. The van der Waals surface area contributed by atoms with Crippen LogP contribution in [0.5, 0.6) is 0 Å². The average molecular weight is 250 g/mol. The fourth-order valence-corrected chi connectivity index (χ4v) is 3.44. The Labute approximate surface area is 93.1 Å². The molecule has 1 aliphatic heterocycles. The zero-order valence-electron chi connectivity index (χ0n) is 8.63. The number of rotatable bonds is 4. The molecule has 1 amide bonds. The molecule has 1 fully saturated rings. The lowest BCUT2D eigenvalue weighted by Gasteiger charge is -2.25. The number of aliphatic carboxylic acids is 1. The molecule has 1 heterocycles. The van der Waals surface area contributed by atoms with Crippen LogP contribution < -0.4 is 5.73 Å². The van der Waals surface area contributed by atoms with Gasteiger partial charge in [-0.2, -0.15) is 0 Å². The highest BCUT2D eigenvalue weighted by Gasteiger charge is 2.34. The zero-order valence-corrected chi connectivity index (χ0v) is 9.44. The van der Waals surface area contributed by atoms with Crippen LogP contribution in [0.1, 0.15) is 6.42 Å². The Bertz CT molecular complexity index is 391. The zero-order chi connectivity index (χ0) is 12.3. The van der Waals surface area contributed by atoms with Gasteiger partial charge in [0.05, 0.1) is 18.1 Å². The van der Waals surface area contributed by atoms with Crippen molar-refractivity contribution in [2.24, 2.45) is 5.73 Å². The maximum atomic E-state index is 11.4. The minimum atomic E-state index is -3.15. The van der Waals surface area contributed by atoms with E-state index in [1.165, 1.54) is 0 Å². The van der Waals surface area contributed by atoms with E-state index in [-0.39, 0.29) is 24.5 Å². The average Bonchev–Trinajstić information content (AvgIpc) is 2.53. The predicted molar refractivity (Wildman–Crippen MR) is 55.5 cm³/mol. The number of sulfone groups is 1. The van der Waals surface area contributed by atoms with Crippen molar-refractivity contribution in [3.8, 4) is 0 Å². The number of carboxylic acid groups (broad SMARTS) is 1. The predicted octanol–water partition coefficient (Wildman–Crippen LogP) is -1.95. The number of carboxylic acids is 1. The molecule has 0 radical (unpaired) electrons. The van der Waals surface area contributed by atoms with Crippen molar-refractivity contribution in [3.63, 3.8) is 0 Å². The molecular weight excluding hydrogens is 236 g/mol. The van der Waals surface area contributed by atoms with Gasteiger partial charge in [-0.15, -0.1) is 0 Å². The van der Waals surface area contributed by atoms with Crippen LogP contribution in [-0.2, 0) is 19.4 Å². The van der Waals surface area contributed by atoms with Gasteiger partial charge in [-0.3, -0.25) is 9.59 Å². The normalized spacial score (nSPS) is 22.9. The van der Waals surface area contributed by atoms with E-state index in [9.17, 15) is 18.0 Å². The number of hydrogen-bond donors (Lipinski definition) is 2. The van der Waals surface area contributed by atoms with Gasteiger partial charge in [0.15, 0.2) is 9.84 Å². The molecular formula is C8H14N2O5S. The van der Waals surface area contributed by atoms with E-state index >= 15 is 0 Å². The highest BCUT2D eigenvalue weighted by molar-refractivity contribution is 7.91. The first-order valence-corrected chi connectivity index (χ1v) is 6.59. The lowest BCUT2D eigenvalue weighted by atomic mass is 10.2. The van der Waals surface area contributed by atoms with Crippen LogP contribution in [0.3, 0.4) is 0 Å². The molecule has 0 spiro atoms. The Balaban J connectivity index is 2.78. The van der Waals surface area contributed by atoms with Gasteiger partial charge in [0, 0.05) is 6.04 Å². The summed E-state index contributed by atoms with van der Waals surface area (Å²) in [5.41, 5.74) is 5.15. The Morgan fingerprint density at radius 1 is 1.44 bits per heavy atom. The molecule has 8 heteroatoms. The van der Waals surface area contributed by atoms with Gasteiger partial charge < -0.3 is 15.7 Å². The van der Waals surface area contributed by atoms with Crippen LogP contribution in [0.25, 0.3) is 0 Å². The first-order chi connectivity index (χ1) is 7.35. The third-order valence-corrected chi connectivity index (χ3v) is 4.20. The summed E-state index contributed by atoms with van der Waals surface area (Å²) < 4.78 is 22.5. The van der Waals surface area contributed by atoms with Gasteiger partial charge in [-0.1, -0.05) is 0 Å². The van der Waals surface area contributed by atoms with E-state index in [2.05, 4.69) is 0 Å². The Kier molecular flexibility index (Phi) is 3.87. The minimum Gasteiger partial charge on any atom is -0.480 e. The third-order valence-electron chi connectivity index (χ3n) is 2.45. The first kappa shape index (κ1) is 12.9. The van der Waals surface area contributed by atoms with Crippen LogP contribution in [0, 0.1) is 0 Å². The Hall–Kier alpha value is -1.15. The molecule has 16 heavy (non-hydrogen) atoms. The monoisotopic (exact) mass is 250 g/mol. The van der Waals surface area contributed by atoms with Crippen molar-refractivity contribution in [2.45, 2.75) is 12.5 Å². The first-order valence-electron chi connectivity index (χ1n) is 4.77. The summed E-state index contributed by atoms with van der Waals surface area (Å²) in [4.78, 5) is 23.0. The molecule has 1 saturated heterocycles. The van der Waals surface area contributed by atoms with E-state index in [0.29, 0.717) is 0 Å². The lowest BCUT2D eigenvalue weighted by Crippen LogP contribution is -2.46. The largest absolute Gasteiger partial charge is 0.480 e. The van der Waals surface area contributed by atoms with E-state index in [0.717, 1.165) is 4.90 Å². The van der Waals surface area contributed by atoms with Gasteiger partial charge >= 0.3 is 5.97 Å². The SMILES string of the molecule is NCC(=O)N(CC(=O)O)C1CCS(=O)(=O)C1. The molecule has 0 bridgehead atoms. The number of carbonyl (C=O) groups is 2. The standard InChI is InChI=1S/C8H14N2O5S/c9-3-7(11)10(4-8(12)13)6-1-2-16(14,15)5-6/h6H,1-5,9H2,(H,12,13). The van der Waals surface area contributed by atoms with Crippen LogP contribution in [0.4, 0.5) is 0 Å². The smallest absolute Gasteiger partial charge is 0.323 e. The lowest BCUT2D eigenvalue weighted by molar-refractivity contribution is -0.145. The highest BCUT2D eigenvalue weighted by atomic mass is 32.2. The van der Waals surface area contributed by atoms with Crippen molar-refractivity contribution in [2.75, 3.05) is 24.6 Å². The van der Waals surface area contributed by atoms with Crippen molar-refractivity contribution in [3.05, 3.63) is 0 Å². The maximum absolute atomic E-state index is 11.4. The number of amides is 1. The van der Waals surface area contributed by atoms with E-state index in [1.54, 1.807) is 0 Å². The second-order valence-electron chi connectivity index (χ2n) is 3.68. The highest BCUT2D eigenvalue weighted by Crippen LogP contribution is 2.17. The van der Waals surface area contributed by atoms with Gasteiger partial charge in [-0.05, 0) is 6.42 Å². The fourth-order valence-electron chi connectivity index (χ4n) is 1.71. The molecule has 92 valence electrons. The topological polar surface area (TPSA) is 118 Å². The van der Waals surface area contributed by atoms with Crippen molar-refractivity contribution < 1.29 is 23.1 Å². The summed E-state index contributed by atoms with van der Waals surface area (Å²) in [5.74, 6) is -1.90. The fraction of sp³-hybridized carbons (Fsp3) is 0.750. The maximum Gasteiger partial charge on any atom is 0.323 e. The summed E-state index contributed by atoms with van der Waals surface area (Å²) in [6.07, 6.45) is 0.279. The van der Waals surface area contributed by atoms with Crippen molar-refractivity contribution >= 4 is 21.7 Å². The van der Waals surface area contributed by atoms with Gasteiger partial charge in [-0.25, -0.2) is 8.42 Å². The van der Waals surface area contributed by atoms with Crippen LogP contribution in [0.15, 0.2) is 0 Å². The summed E-state index contributed by atoms with van der Waals surface area (Å²) >= 11 is 0. The summed E-state index contributed by atoms with van der Waals surface area (Å²) in [6, 6.07) is -0.558. The quantitative estimate of drug-likeness (QED) is 0.598. The Morgan fingerprint density at radius 2 is 2.06 bits per heavy atom. The molecule has 3 N–H and O–H groups in total. The second kappa shape index (κ2) is 4.79. The molecule has 1 atom stereocenters. The number of nitrogens with two attached hydrogens (primary N) is 1. The van der Waals surface area contributed by atoms with E-state index in [4.69, 9.17) is 10.8 Å². The van der Waals surface area contributed by atoms with E-state index in [1.807, 2.05) is 0 Å². The number of carbonyl (C=O) groups excluding carboxylic acids is 1. The van der Waals surface area contributed by atoms with E-state index < -0.39 is 34.3 Å². The van der Waals surface area contributed by atoms with Crippen LogP contribution >= 0.6 is 0 Å². The molecule has 0 aliphatic carbocycles.